The average molecular weight is 404 g/mol. The van der Waals surface area contributed by atoms with E-state index in [0.717, 1.165) is 51.7 Å². The highest BCUT2D eigenvalue weighted by Crippen LogP contribution is 2.28. The zero-order chi connectivity index (χ0) is 20.1. The monoisotopic (exact) mass is 403 g/mol. The number of amides is 1. The smallest absolute Gasteiger partial charge is 0.262 e. The summed E-state index contributed by atoms with van der Waals surface area (Å²) >= 11 is 5.45. The molecule has 0 atom stereocenters. The largest absolute Gasteiger partial charge is 0.352 e. The minimum absolute atomic E-state index is 0.0557. The summed E-state index contributed by atoms with van der Waals surface area (Å²) in [5.41, 5.74) is 1.12. The molecule has 28 heavy (non-hydrogen) atoms. The van der Waals surface area contributed by atoms with Crippen LogP contribution >= 0.6 is 12.2 Å². The van der Waals surface area contributed by atoms with Crippen molar-refractivity contribution >= 4 is 29.0 Å². The quantitative estimate of drug-likeness (QED) is 0.468. The molecule has 2 aromatic rings. The summed E-state index contributed by atoms with van der Waals surface area (Å²) < 4.78 is 2.17. The first-order valence-electron chi connectivity index (χ1n) is 10.5. The van der Waals surface area contributed by atoms with Crippen LogP contribution in [0.25, 0.3) is 10.9 Å². The zero-order valence-electron chi connectivity index (χ0n) is 16.8. The molecule has 1 aliphatic carbocycles. The second-order valence-corrected chi connectivity index (χ2v) is 8.01. The lowest BCUT2D eigenvalue weighted by atomic mass is 10.1. The Morgan fingerprint density at radius 3 is 2.68 bits per heavy atom. The first-order valence-corrected chi connectivity index (χ1v) is 10.9. The summed E-state index contributed by atoms with van der Waals surface area (Å²) in [7, 11) is 0. The van der Waals surface area contributed by atoms with Gasteiger partial charge in [0.05, 0.1) is 30.5 Å². The van der Waals surface area contributed by atoms with Gasteiger partial charge < -0.3 is 15.2 Å². The molecule has 1 saturated carbocycles. The van der Waals surface area contributed by atoms with Crippen molar-refractivity contribution in [3.8, 4) is 0 Å². The molecule has 1 amide bonds. The van der Waals surface area contributed by atoms with E-state index in [2.05, 4.69) is 24.1 Å². The second kappa shape index (κ2) is 9.47. The highest BCUT2D eigenvalue weighted by molar-refractivity contribution is 7.71. The van der Waals surface area contributed by atoms with Crippen LogP contribution in [-0.4, -0.2) is 41.6 Å². The zero-order valence-corrected chi connectivity index (χ0v) is 17.7. The summed E-state index contributed by atoms with van der Waals surface area (Å²) in [6, 6.07) is 5.39. The Kier molecular flexibility index (Phi) is 7.02. The highest BCUT2D eigenvalue weighted by atomic mass is 32.1. The summed E-state index contributed by atoms with van der Waals surface area (Å²) in [5, 5.41) is 3.56. The van der Waals surface area contributed by atoms with Gasteiger partial charge in [0.25, 0.3) is 11.5 Å². The number of H-pyrrole nitrogens is 1. The Morgan fingerprint density at radius 2 is 2.00 bits per heavy atom. The molecule has 1 aliphatic rings. The number of quaternary nitrogens is 1. The van der Waals surface area contributed by atoms with Crippen LogP contribution in [0.3, 0.4) is 0 Å². The fourth-order valence-electron chi connectivity index (χ4n) is 4.11. The summed E-state index contributed by atoms with van der Waals surface area (Å²) in [6.07, 6.45) is 5.22. The van der Waals surface area contributed by atoms with Crippen molar-refractivity contribution in [1.29, 1.82) is 0 Å². The molecule has 1 heterocycles. The van der Waals surface area contributed by atoms with E-state index in [1.807, 2.05) is 0 Å². The topological polar surface area (TPSA) is 71.3 Å². The molecular formula is C21H31N4O2S+. The van der Waals surface area contributed by atoms with Crippen molar-refractivity contribution in [3.63, 3.8) is 0 Å². The predicted molar refractivity (Wildman–Crippen MR) is 115 cm³/mol. The highest BCUT2D eigenvalue weighted by Gasteiger charge is 2.20. The van der Waals surface area contributed by atoms with Crippen molar-refractivity contribution in [2.45, 2.75) is 52.0 Å². The number of benzene rings is 1. The van der Waals surface area contributed by atoms with Gasteiger partial charge in [0.1, 0.15) is 0 Å². The minimum Gasteiger partial charge on any atom is -0.352 e. The number of nitrogens with one attached hydrogen (secondary N) is 3. The van der Waals surface area contributed by atoms with Crippen LogP contribution < -0.4 is 15.8 Å². The van der Waals surface area contributed by atoms with E-state index >= 15 is 0 Å². The van der Waals surface area contributed by atoms with E-state index in [0.29, 0.717) is 27.8 Å². The van der Waals surface area contributed by atoms with Crippen molar-refractivity contribution in [2.24, 2.45) is 0 Å². The normalized spacial score (nSPS) is 14.8. The van der Waals surface area contributed by atoms with Gasteiger partial charge in [0, 0.05) is 24.6 Å². The van der Waals surface area contributed by atoms with Gasteiger partial charge in [0.15, 0.2) is 4.77 Å². The Morgan fingerprint density at radius 1 is 1.29 bits per heavy atom. The third kappa shape index (κ3) is 4.52. The fourth-order valence-corrected chi connectivity index (χ4v) is 4.45. The minimum atomic E-state index is -0.115. The van der Waals surface area contributed by atoms with Gasteiger partial charge in [-0.15, -0.1) is 0 Å². The number of fused-ring (bicyclic) bond motifs is 1. The van der Waals surface area contributed by atoms with Gasteiger partial charge in [0.2, 0.25) is 0 Å². The summed E-state index contributed by atoms with van der Waals surface area (Å²) in [6.45, 7) is 8.27. The fraction of sp³-hybridized carbons (Fsp3) is 0.571. The van der Waals surface area contributed by atoms with Crippen molar-refractivity contribution in [1.82, 2.24) is 14.9 Å². The van der Waals surface area contributed by atoms with Crippen molar-refractivity contribution in [3.05, 3.63) is 38.9 Å². The molecular weight excluding hydrogens is 372 g/mol. The maximum absolute atomic E-state index is 12.9. The van der Waals surface area contributed by atoms with E-state index in [1.54, 1.807) is 22.8 Å². The molecule has 3 rings (SSSR count). The van der Waals surface area contributed by atoms with Crippen LogP contribution in [-0.2, 0) is 0 Å². The Balaban J connectivity index is 1.73. The molecule has 152 valence electrons. The number of carbonyl (C=O) groups is 1. The molecule has 0 spiro atoms. The van der Waals surface area contributed by atoms with Crippen LogP contribution in [0.5, 0.6) is 0 Å². The lowest BCUT2D eigenvalue weighted by Crippen LogP contribution is -3.11. The molecule has 0 unspecified atom stereocenters. The van der Waals surface area contributed by atoms with E-state index in [1.165, 1.54) is 4.90 Å². The maximum Gasteiger partial charge on any atom is 0.262 e. The standard InChI is InChI=1S/C21H30N4O2S/c1-3-24(4-2)13-7-12-22-19(26)15-10-11-17-18(14-15)23-21(28)25(20(17)27)16-8-5-6-9-16/h10-11,14,16H,3-9,12-13H2,1-2H3,(H,22,26)(H,23,28)/p+1. The van der Waals surface area contributed by atoms with Gasteiger partial charge in [-0.2, -0.15) is 0 Å². The predicted octanol–water partition coefficient (Wildman–Crippen LogP) is 2.22. The van der Waals surface area contributed by atoms with E-state index in [9.17, 15) is 9.59 Å². The Bertz CT molecular complexity index is 940. The van der Waals surface area contributed by atoms with Crippen molar-refractivity contribution < 1.29 is 9.69 Å². The van der Waals surface area contributed by atoms with Gasteiger partial charge >= 0.3 is 0 Å². The first-order chi connectivity index (χ1) is 13.5. The number of carbonyl (C=O) groups excluding carboxylic acids is 1. The molecule has 1 fully saturated rings. The third-order valence-electron chi connectivity index (χ3n) is 5.87. The van der Waals surface area contributed by atoms with E-state index in [4.69, 9.17) is 12.2 Å². The van der Waals surface area contributed by atoms with Crippen LogP contribution in [0.15, 0.2) is 23.0 Å². The van der Waals surface area contributed by atoms with Gasteiger partial charge in [-0.3, -0.25) is 14.2 Å². The molecule has 3 N–H and O–H groups in total. The molecule has 1 aromatic carbocycles. The van der Waals surface area contributed by atoms with Gasteiger partial charge in [-0.25, -0.2) is 0 Å². The van der Waals surface area contributed by atoms with Crippen LogP contribution in [0.2, 0.25) is 0 Å². The molecule has 0 bridgehead atoms. The number of hydrogen-bond acceptors (Lipinski definition) is 3. The SMILES string of the molecule is CC[NH+](CC)CCCNC(=O)c1ccc2c(=O)n(C3CCCC3)c(=S)[nH]c2c1. The number of hydrogen-bond donors (Lipinski definition) is 3. The lowest BCUT2D eigenvalue weighted by molar-refractivity contribution is -0.896. The van der Waals surface area contributed by atoms with Gasteiger partial charge in [-0.05, 0) is 57.1 Å². The summed E-state index contributed by atoms with van der Waals surface area (Å²) in [4.78, 5) is 30.1. The number of nitrogens with zero attached hydrogens (tertiary/aromatic N) is 1. The van der Waals surface area contributed by atoms with Crippen molar-refractivity contribution in [2.75, 3.05) is 26.2 Å². The maximum atomic E-state index is 12.9. The van der Waals surface area contributed by atoms with Crippen LogP contribution in [0.1, 0.15) is 62.4 Å². The lowest BCUT2D eigenvalue weighted by Gasteiger charge is -2.15. The average Bonchev–Trinajstić information content (AvgIpc) is 3.21. The molecule has 6 nitrogen and oxygen atoms in total. The van der Waals surface area contributed by atoms with Gasteiger partial charge in [-0.1, -0.05) is 12.8 Å². The second-order valence-electron chi connectivity index (χ2n) is 7.62. The first kappa shape index (κ1) is 20.7. The molecule has 0 aliphatic heterocycles. The number of aromatic amines is 1. The summed E-state index contributed by atoms with van der Waals surface area (Å²) in [5.74, 6) is -0.115. The molecule has 0 radical (unpaired) electrons. The van der Waals surface area contributed by atoms with Crippen LogP contribution in [0.4, 0.5) is 0 Å². The molecule has 7 heteroatoms. The Labute approximate surface area is 170 Å². The number of rotatable bonds is 8. The Hall–Kier alpha value is -1.99. The van der Waals surface area contributed by atoms with Crippen LogP contribution in [0, 0.1) is 4.77 Å². The number of aromatic nitrogens is 2. The molecule has 0 saturated heterocycles. The molecule has 1 aromatic heterocycles. The van der Waals surface area contributed by atoms with E-state index in [-0.39, 0.29) is 17.5 Å². The van der Waals surface area contributed by atoms with E-state index < -0.39 is 0 Å². The third-order valence-corrected chi connectivity index (χ3v) is 6.17.